The second-order valence-electron chi connectivity index (χ2n) is 3.81. The molecule has 1 atom stereocenters. The molecule has 3 nitrogen and oxygen atoms in total. The van der Waals surface area contributed by atoms with Crippen molar-refractivity contribution < 1.29 is 9.18 Å². The van der Waals surface area contributed by atoms with Crippen molar-refractivity contribution in [3.8, 4) is 0 Å². The monoisotopic (exact) mass is 322 g/mol. The van der Waals surface area contributed by atoms with Crippen LogP contribution in [-0.4, -0.2) is 19.0 Å². The first-order chi connectivity index (χ1) is 7.66. The zero-order chi connectivity index (χ0) is 11.5. The fraction of sp³-hybridized carbons (Fsp3) is 0.364. The van der Waals surface area contributed by atoms with Crippen LogP contribution in [0, 0.1) is 11.7 Å². The lowest BCUT2D eigenvalue weighted by atomic mass is 10.1. The summed E-state index contributed by atoms with van der Waals surface area (Å²) in [6, 6.07) is 4.45. The van der Waals surface area contributed by atoms with Gasteiger partial charge in [-0.3, -0.25) is 4.79 Å². The molecule has 0 aromatic heterocycles. The molecule has 1 unspecified atom stereocenters. The molecule has 1 aliphatic rings. The molecule has 0 aliphatic carbocycles. The van der Waals surface area contributed by atoms with Gasteiger partial charge in [-0.15, -0.1) is 12.4 Å². The molecule has 2 rings (SSSR count). The van der Waals surface area contributed by atoms with Crippen molar-refractivity contribution in [1.82, 2.24) is 5.32 Å². The fourth-order valence-electron chi connectivity index (χ4n) is 1.70. The van der Waals surface area contributed by atoms with E-state index in [0.29, 0.717) is 16.7 Å². The van der Waals surface area contributed by atoms with E-state index in [4.69, 9.17) is 0 Å². The number of hydrogen-bond acceptors (Lipinski definition) is 2. The van der Waals surface area contributed by atoms with Crippen LogP contribution in [0.5, 0.6) is 0 Å². The predicted octanol–water partition coefficient (Wildman–Crippen LogP) is 2.56. The summed E-state index contributed by atoms with van der Waals surface area (Å²) >= 11 is 3.08. The van der Waals surface area contributed by atoms with E-state index in [-0.39, 0.29) is 30.0 Å². The third-order valence-electron chi connectivity index (χ3n) is 2.62. The minimum absolute atomic E-state index is 0. The van der Waals surface area contributed by atoms with Gasteiger partial charge in [-0.05, 0) is 47.1 Å². The Morgan fingerprint density at radius 1 is 1.53 bits per heavy atom. The molecule has 1 saturated heterocycles. The van der Waals surface area contributed by atoms with E-state index in [1.807, 2.05) is 0 Å². The maximum atomic E-state index is 13.0. The smallest absolute Gasteiger partial charge is 0.228 e. The molecule has 2 N–H and O–H groups in total. The molecule has 1 amide bonds. The van der Waals surface area contributed by atoms with Crippen molar-refractivity contribution in [3.63, 3.8) is 0 Å². The minimum atomic E-state index is -0.333. The molecule has 1 aromatic carbocycles. The van der Waals surface area contributed by atoms with Crippen molar-refractivity contribution in [2.75, 3.05) is 18.4 Å². The predicted molar refractivity (Wildman–Crippen MR) is 71.0 cm³/mol. The van der Waals surface area contributed by atoms with Gasteiger partial charge in [-0.1, -0.05) is 0 Å². The molecular formula is C11H13BrClFN2O. The van der Waals surface area contributed by atoms with Gasteiger partial charge in [0.25, 0.3) is 0 Å². The van der Waals surface area contributed by atoms with Crippen molar-refractivity contribution in [2.45, 2.75) is 6.42 Å². The van der Waals surface area contributed by atoms with Gasteiger partial charge >= 0.3 is 0 Å². The first-order valence-corrected chi connectivity index (χ1v) is 5.93. The molecule has 1 aromatic rings. The molecule has 0 radical (unpaired) electrons. The highest BCUT2D eigenvalue weighted by Gasteiger charge is 2.22. The van der Waals surface area contributed by atoms with Gasteiger partial charge in [0.05, 0.1) is 10.4 Å². The normalized spacial score (nSPS) is 18.6. The highest BCUT2D eigenvalue weighted by atomic mass is 79.9. The van der Waals surface area contributed by atoms with Crippen molar-refractivity contribution in [3.05, 3.63) is 28.5 Å². The maximum absolute atomic E-state index is 13.0. The fourth-order valence-corrected chi connectivity index (χ4v) is 2.08. The van der Waals surface area contributed by atoms with E-state index < -0.39 is 0 Å². The highest BCUT2D eigenvalue weighted by molar-refractivity contribution is 9.10. The minimum Gasteiger partial charge on any atom is -0.326 e. The Balaban J connectivity index is 0.00000144. The summed E-state index contributed by atoms with van der Waals surface area (Å²) in [5, 5.41) is 5.91. The first-order valence-electron chi connectivity index (χ1n) is 5.13. The quantitative estimate of drug-likeness (QED) is 0.878. The summed E-state index contributed by atoms with van der Waals surface area (Å²) in [7, 11) is 0. The molecule has 0 spiro atoms. The molecule has 0 saturated carbocycles. The number of hydrogen-bond donors (Lipinski definition) is 2. The molecule has 1 aliphatic heterocycles. The Morgan fingerprint density at radius 3 is 2.88 bits per heavy atom. The van der Waals surface area contributed by atoms with Gasteiger partial charge in [-0.2, -0.15) is 0 Å². The molecule has 6 heteroatoms. The van der Waals surface area contributed by atoms with Crippen LogP contribution in [0.2, 0.25) is 0 Å². The van der Waals surface area contributed by atoms with Crippen LogP contribution in [0.4, 0.5) is 10.1 Å². The third kappa shape index (κ3) is 3.66. The SMILES string of the molecule is Cl.O=C(Nc1ccc(F)c(Br)c1)C1CCNC1. The number of rotatable bonds is 2. The van der Waals surface area contributed by atoms with E-state index in [2.05, 4.69) is 26.6 Å². The lowest BCUT2D eigenvalue weighted by Gasteiger charge is -2.10. The van der Waals surface area contributed by atoms with Gasteiger partial charge < -0.3 is 10.6 Å². The number of halogens is 3. The summed E-state index contributed by atoms with van der Waals surface area (Å²) in [6.45, 7) is 1.60. The van der Waals surface area contributed by atoms with E-state index >= 15 is 0 Å². The van der Waals surface area contributed by atoms with Crippen molar-refractivity contribution >= 4 is 39.9 Å². The molecule has 0 bridgehead atoms. The Bertz CT molecular complexity index is 410. The van der Waals surface area contributed by atoms with Crippen LogP contribution >= 0.6 is 28.3 Å². The van der Waals surface area contributed by atoms with E-state index in [1.54, 1.807) is 12.1 Å². The Morgan fingerprint density at radius 2 is 2.29 bits per heavy atom. The number of amides is 1. The summed E-state index contributed by atoms with van der Waals surface area (Å²) in [5.74, 6) is -0.326. The van der Waals surface area contributed by atoms with E-state index in [9.17, 15) is 9.18 Å². The van der Waals surface area contributed by atoms with Crippen LogP contribution in [0.25, 0.3) is 0 Å². The first kappa shape index (κ1) is 14.4. The zero-order valence-corrected chi connectivity index (χ0v) is 11.4. The Hall–Kier alpha value is -0.650. The van der Waals surface area contributed by atoms with E-state index in [1.165, 1.54) is 6.07 Å². The van der Waals surface area contributed by atoms with Gasteiger partial charge in [-0.25, -0.2) is 4.39 Å². The van der Waals surface area contributed by atoms with Gasteiger partial charge in [0.15, 0.2) is 0 Å². The molecule has 1 fully saturated rings. The second-order valence-corrected chi connectivity index (χ2v) is 4.66. The largest absolute Gasteiger partial charge is 0.326 e. The molecule has 1 heterocycles. The van der Waals surface area contributed by atoms with Gasteiger partial charge in [0.2, 0.25) is 5.91 Å². The molecule has 94 valence electrons. The number of nitrogens with one attached hydrogen (secondary N) is 2. The van der Waals surface area contributed by atoms with Crippen molar-refractivity contribution in [2.24, 2.45) is 5.92 Å². The maximum Gasteiger partial charge on any atom is 0.228 e. The third-order valence-corrected chi connectivity index (χ3v) is 3.23. The average molecular weight is 324 g/mol. The lowest BCUT2D eigenvalue weighted by Crippen LogP contribution is -2.24. The summed E-state index contributed by atoms with van der Waals surface area (Å²) < 4.78 is 13.3. The van der Waals surface area contributed by atoms with Gasteiger partial charge in [0.1, 0.15) is 5.82 Å². The lowest BCUT2D eigenvalue weighted by molar-refractivity contribution is -0.119. The molecular weight excluding hydrogens is 310 g/mol. The summed E-state index contributed by atoms with van der Waals surface area (Å²) in [4.78, 5) is 11.8. The van der Waals surface area contributed by atoms with Gasteiger partial charge in [0, 0.05) is 12.2 Å². The number of carbonyl (C=O) groups is 1. The Kier molecular flexibility index (Phi) is 5.36. The van der Waals surface area contributed by atoms with E-state index in [0.717, 1.165) is 13.0 Å². The van der Waals surface area contributed by atoms with Crippen molar-refractivity contribution in [1.29, 1.82) is 0 Å². The summed E-state index contributed by atoms with van der Waals surface area (Å²) in [6.07, 6.45) is 0.855. The number of carbonyl (C=O) groups excluding carboxylic acids is 1. The van der Waals surface area contributed by atoms with Crippen LogP contribution in [0.3, 0.4) is 0 Å². The summed E-state index contributed by atoms with van der Waals surface area (Å²) in [5.41, 5.74) is 0.616. The number of benzene rings is 1. The topological polar surface area (TPSA) is 41.1 Å². The van der Waals surface area contributed by atoms with Crippen LogP contribution in [0.1, 0.15) is 6.42 Å². The number of anilines is 1. The Labute approximate surface area is 114 Å². The average Bonchev–Trinajstić information content (AvgIpc) is 2.77. The molecule has 17 heavy (non-hydrogen) atoms. The van der Waals surface area contributed by atoms with Crippen LogP contribution in [0.15, 0.2) is 22.7 Å². The van der Waals surface area contributed by atoms with Crippen LogP contribution < -0.4 is 10.6 Å². The zero-order valence-electron chi connectivity index (χ0n) is 9.00. The highest BCUT2D eigenvalue weighted by Crippen LogP contribution is 2.21. The second kappa shape index (κ2) is 6.33. The standard InChI is InChI=1S/C11H12BrFN2O.ClH/c12-9-5-8(1-2-10(9)13)15-11(16)7-3-4-14-6-7;/h1-2,5,7,14H,3-4,6H2,(H,15,16);1H. The van der Waals surface area contributed by atoms with Crippen LogP contribution in [-0.2, 0) is 4.79 Å².